The molecule has 32 heavy (non-hydrogen) atoms. The van der Waals surface area contributed by atoms with E-state index in [1.807, 2.05) is 13.0 Å². The second-order valence-electron chi connectivity index (χ2n) is 7.19. The van der Waals surface area contributed by atoms with Gasteiger partial charge in [0.2, 0.25) is 15.9 Å². The highest BCUT2D eigenvalue weighted by molar-refractivity contribution is 7.89. The van der Waals surface area contributed by atoms with Crippen LogP contribution in [0.4, 0.5) is 0 Å². The molecule has 0 fully saturated rings. The van der Waals surface area contributed by atoms with Gasteiger partial charge in [-0.3, -0.25) is 9.59 Å². The summed E-state index contributed by atoms with van der Waals surface area (Å²) in [4.78, 5) is 25.6. The topological polar surface area (TPSA) is 104 Å². The van der Waals surface area contributed by atoms with Crippen LogP contribution in [-0.4, -0.2) is 33.3 Å². The van der Waals surface area contributed by atoms with Crippen molar-refractivity contribution >= 4 is 21.8 Å². The van der Waals surface area contributed by atoms with E-state index in [9.17, 15) is 18.0 Å². The molecule has 7 nitrogen and oxygen atoms in total. The van der Waals surface area contributed by atoms with Gasteiger partial charge in [-0.15, -0.1) is 0 Å². The van der Waals surface area contributed by atoms with Gasteiger partial charge in [-0.2, -0.15) is 0 Å². The van der Waals surface area contributed by atoms with E-state index in [0.717, 1.165) is 5.56 Å². The number of amides is 2. The van der Waals surface area contributed by atoms with E-state index in [-0.39, 0.29) is 23.9 Å². The summed E-state index contributed by atoms with van der Waals surface area (Å²) in [5.74, 6) is -0.815. The molecule has 0 radical (unpaired) electrons. The van der Waals surface area contributed by atoms with E-state index in [1.165, 1.54) is 12.1 Å². The molecule has 1 atom stereocenters. The molecule has 0 spiro atoms. The summed E-state index contributed by atoms with van der Waals surface area (Å²) < 4.78 is 27.2. The Kier molecular flexibility index (Phi) is 7.75. The molecule has 1 unspecified atom stereocenters. The number of hydrogen-bond acceptors (Lipinski definition) is 4. The van der Waals surface area contributed by atoms with Crippen molar-refractivity contribution in [3.63, 3.8) is 0 Å². The van der Waals surface area contributed by atoms with Gasteiger partial charge < -0.3 is 10.6 Å². The number of sulfonamides is 1. The minimum atomic E-state index is -3.67. The smallest absolute Gasteiger partial charge is 0.252 e. The summed E-state index contributed by atoms with van der Waals surface area (Å²) in [7, 11) is -3.67. The first-order valence-electron chi connectivity index (χ1n) is 10.1. The summed E-state index contributed by atoms with van der Waals surface area (Å²) in [6.45, 7) is 1.95. The van der Waals surface area contributed by atoms with Gasteiger partial charge in [-0.05, 0) is 36.8 Å². The van der Waals surface area contributed by atoms with E-state index in [1.54, 1.807) is 66.7 Å². The number of hydrogen-bond donors (Lipinski definition) is 3. The van der Waals surface area contributed by atoms with Crippen LogP contribution in [0, 0.1) is 6.92 Å². The Bertz CT molecular complexity index is 1150. The Labute approximate surface area is 187 Å². The van der Waals surface area contributed by atoms with Crippen LogP contribution in [0.5, 0.6) is 0 Å². The van der Waals surface area contributed by atoms with Crippen LogP contribution in [0.3, 0.4) is 0 Å². The second-order valence-corrected chi connectivity index (χ2v) is 8.95. The Morgan fingerprint density at radius 2 is 1.41 bits per heavy atom. The summed E-state index contributed by atoms with van der Waals surface area (Å²) in [5.41, 5.74) is 2.02. The lowest BCUT2D eigenvalue weighted by molar-refractivity contribution is -0.123. The molecule has 166 valence electrons. The number of carbonyl (C=O) groups is 2. The van der Waals surface area contributed by atoms with Crippen LogP contribution >= 0.6 is 0 Å². The summed E-state index contributed by atoms with van der Waals surface area (Å²) in [6, 6.07) is 23.0. The van der Waals surface area contributed by atoms with E-state index >= 15 is 0 Å². The Morgan fingerprint density at radius 3 is 2.03 bits per heavy atom. The summed E-state index contributed by atoms with van der Waals surface area (Å²) in [5, 5.41) is 5.44. The average molecular weight is 452 g/mol. The van der Waals surface area contributed by atoms with Gasteiger partial charge in [-0.1, -0.05) is 66.2 Å². The van der Waals surface area contributed by atoms with Gasteiger partial charge in [-0.25, -0.2) is 13.1 Å². The molecule has 0 bridgehead atoms. The van der Waals surface area contributed by atoms with E-state index in [2.05, 4.69) is 15.4 Å². The van der Waals surface area contributed by atoms with Crippen molar-refractivity contribution in [3.8, 4) is 0 Å². The highest BCUT2D eigenvalue weighted by Gasteiger charge is 2.23. The number of aryl methyl sites for hydroxylation is 1. The molecule has 3 aromatic carbocycles. The largest absolute Gasteiger partial charge is 0.353 e. The molecule has 0 aliphatic heterocycles. The van der Waals surface area contributed by atoms with Crippen LogP contribution in [0.15, 0.2) is 89.8 Å². The highest BCUT2D eigenvalue weighted by Crippen LogP contribution is 2.14. The molecule has 2 amide bonds. The predicted molar refractivity (Wildman–Crippen MR) is 122 cm³/mol. The zero-order chi connectivity index (χ0) is 23.0. The summed E-state index contributed by atoms with van der Waals surface area (Å²) in [6.07, 6.45) is 0. The number of nitrogens with one attached hydrogen (secondary N) is 3. The van der Waals surface area contributed by atoms with Crippen LogP contribution in [0.2, 0.25) is 0 Å². The van der Waals surface area contributed by atoms with Crippen molar-refractivity contribution in [2.75, 3.05) is 13.1 Å². The lowest BCUT2D eigenvalue weighted by Crippen LogP contribution is -2.43. The molecule has 0 heterocycles. The zero-order valence-electron chi connectivity index (χ0n) is 17.6. The average Bonchev–Trinajstić information content (AvgIpc) is 2.81. The van der Waals surface area contributed by atoms with Gasteiger partial charge in [0.05, 0.1) is 4.90 Å². The molecule has 8 heteroatoms. The minimum Gasteiger partial charge on any atom is -0.353 e. The lowest BCUT2D eigenvalue weighted by atomic mass is 10.1. The fourth-order valence-corrected chi connectivity index (χ4v) is 4.06. The quantitative estimate of drug-likeness (QED) is 0.435. The molecule has 3 N–H and O–H groups in total. The molecule has 0 aromatic heterocycles. The normalized spacial score (nSPS) is 12.0. The van der Waals surface area contributed by atoms with Crippen LogP contribution in [-0.2, 0) is 14.8 Å². The van der Waals surface area contributed by atoms with Crippen LogP contribution < -0.4 is 15.4 Å². The van der Waals surface area contributed by atoms with E-state index < -0.39 is 22.0 Å². The molecule has 0 saturated carbocycles. The highest BCUT2D eigenvalue weighted by atomic mass is 32.2. The molecule has 0 aliphatic rings. The predicted octanol–water partition coefficient (Wildman–Crippen LogP) is 2.56. The first-order chi connectivity index (χ1) is 15.4. The monoisotopic (exact) mass is 451 g/mol. The van der Waals surface area contributed by atoms with Crippen molar-refractivity contribution in [2.45, 2.75) is 17.9 Å². The van der Waals surface area contributed by atoms with Crippen molar-refractivity contribution in [2.24, 2.45) is 0 Å². The minimum absolute atomic E-state index is 0.0100. The third-order valence-corrected chi connectivity index (χ3v) is 6.23. The van der Waals surface area contributed by atoms with Crippen molar-refractivity contribution in [1.82, 2.24) is 15.4 Å². The molecule has 3 rings (SSSR count). The second kappa shape index (κ2) is 10.7. The van der Waals surface area contributed by atoms with Gasteiger partial charge in [0.1, 0.15) is 6.04 Å². The zero-order valence-corrected chi connectivity index (χ0v) is 18.4. The van der Waals surface area contributed by atoms with Gasteiger partial charge >= 0.3 is 0 Å². The Balaban J connectivity index is 1.61. The van der Waals surface area contributed by atoms with Gasteiger partial charge in [0.25, 0.3) is 5.91 Å². The standard InChI is InChI=1S/C24H25N3O4S/c1-18-12-14-21(15-13-18)32(30,31)26-17-16-25-24(29)22(19-8-4-2-5-9-19)27-23(28)20-10-6-3-7-11-20/h2-15,22,26H,16-17H2,1H3,(H,25,29)(H,27,28). The third kappa shape index (κ3) is 6.26. The summed E-state index contributed by atoms with van der Waals surface area (Å²) >= 11 is 0. The molecule has 0 saturated heterocycles. The van der Waals surface area contributed by atoms with Crippen molar-refractivity contribution < 1.29 is 18.0 Å². The molecular formula is C24H25N3O4S. The maximum Gasteiger partial charge on any atom is 0.252 e. The Hall–Kier alpha value is -3.49. The number of carbonyl (C=O) groups excluding carboxylic acids is 2. The van der Waals surface area contributed by atoms with Gasteiger partial charge in [0, 0.05) is 18.7 Å². The van der Waals surface area contributed by atoms with Crippen molar-refractivity contribution in [3.05, 3.63) is 102 Å². The maximum absolute atomic E-state index is 12.8. The maximum atomic E-state index is 12.8. The fourth-order valence-electron chi connectivity index (χ4n) is 3.02. The molecule has 3 aromatic rings. The van der Waals surface area contributed by atoms with Gasteiger partial charge in [0.15, 0.2) is 0 Å². The van der Waals surface area contributed by atoms with Crippen LogP contribution in [0.1, 0.15) is 27.5 Å². The van der Waals surface area contributed by atoms with Crippen LogP contribution in [0.25, 0.3) is 0 Å². The Morgan fingerprint density at radius 1 is 0.812 bits per heavy atom. The number of benzene rings is 3. The first-order valence-corrected chi connectivity index (χ1v) is 11.6. The first kappa shape index (κ1) is 23.2. The van der Waals surface area contributed by atoms with Crippen molar-refractivity contribution in [1.29, 1.82) is 0 Å². The number of rotatable bonds is 9. The fraction of sp³-hybridized carbons (Fsp3) is 0.167. The third-order valence-electron chi connectivity index (χ3n) is 4.75. The SMILES string of the molecule is Cc1ccc(S(=O)(=O)NCCNC(=O)C(NC(=O)c2ccccc2)c2ccccc2)cc1. The lowest BCUT2D eigenvalue weighted by Gasteiger charge is -2.19. The van der Waals surface area contributed by atoms with E-state index in [4.69, 9.17) is 0 Å². The molecular weight excluding hydrogens is 426 g/mol. The van der Waals surface area contributed by atoms with E-state index in [0.29, 0.717) is 11.1 Å². The molecule has 0 aliphatic carbocycles.